The molecule has 0 saturated carbocycles. The number of benzene rings is 1. The van der Waals surface area contributed by atoms with Crippen LogP contribution in [0.1, 0.15) is 11.6 Å². The Labute approximate surface area is 110 Å². The largest absolute Gasteiger partial charge is 0.378 e. The summed E-state index contributed by atoms with van der Waals surface area (Å²) in [6, 6.07) is 6.68. The van der Waals surface area contributed by atoms with Crippen LogP contribution in [0, 0.1) is 0 Å². The quantitative estimate of drug-likeness (QED) is 0.756. The third-order valence-electron chi connectivity index (χ3n) is 3.38. The third-order valence-corrected chi connectivity index (χ3v) is 3.38. The lowest BCUT2D eigenvalue weighted by Crippen LogP contribution is -2.36. The van der Waals surface area contributed by atoms with E-state index in [1.54, 1.807) is 0 Å². The monoisotopic (exact) mass is 261 g/mol. The number of urea groups is 1. The Hall–Kier alpha value is -2.08. The van der Waals surface area contributed by atoms with Gasteiger partial charge in [0.25, 0.3) is 5.91 Å². The molecule has 0 aromatic heterocycles. The van der Waals surface area contributed by atoms with Gasteiger partial charge in [-0.15, -0.1) is 0 Å². The summed E-state index contributed by atoms with van der Waals surface area (Å²) in [4.78, 5) is 24.9. The molecule has 1 atom stereocenters. The van der Waals surface area contributed by atoms with Gasteiger partial charge in [-0.05, 0) is 17.7 Å². The fraction of sp³-hybridized carbons (Fsp3) is 0.385. The van der Waals surface area contributed by atoms with E-state index in [-0.39, 0.29) is 5.91 Å². The summed E-state index contributed by atoms with van der Waals surface area (Å²) < 4.78 is 5.31. The van der Waals surface area contributed by atoms with Crippen molar-refractivity contribution in [3.63, 3.8) is 0 Å². The van der Waals surface area contributed by atoms with Crippen molar-refractivity contribution in [2.45, 2.75) is 6.04 Å². The summed E-state index contributed by atoms with van der Waals surface area (Å²) in [5.74, 6) is -0.302. The average molecular weight is 261 g/mol. The summed E-state index contributed by atoms with van der Waals surface area (Å²) in [7, 11) is 0. The molecule has 0 unspecified atom stereocenters. The van der Waals surface area contributed by atoms with Gasteiger partial charge in [-0.1, -0.05) is 12.1 Å². The van der Waals surface area contributed by atoms with Crippen LogP contribution in [-0.2, 0) is 9.53 Å². The molecule has 3 rings (SSSR count). The highest BCUT2D eigenvalue weighted by atomic mass is 16.5. The van der Waals surface area contributed by atoms with Crippen LogP contribution in [-0.4, -0.2) is 38.2 Å². The zero-order chi connectivity index (χ0) is 13.2. The second kappa shape index (κ2) is 4.89. The smallest absolute Gasteiger partial charge is 0.322 e. The van der Waals surface area contributed by atoms with Crippen molar-refractivity contribution >= 4 is 17.6 Å². The van der Waals surface area contributed by atoms with Crippen molar-refractivity contribution in [1.82, 2.24) is 10.6 Å². The van der Waals surface area contributed by atoms with Crippen LogP contribution in [0.4, 0.5) is 10.5 Å². The average Bonchev–Trinajstić information content (AvgIpc) is 2.79. The summed E-state index contributed by atoms with van der Waals surface area (Å²) in [5, 5.41) is 4.81. The van der Waals surface area contributed by atoms with Crippen molar-refractivity contribution in [1.29, 1.82) is 0 Å². The van der Waals surface area contributed by atoms with E-state index in [2.05, 4.69) is 15.5 Å². The highest BCUT2D eigenvalue weighted by Gasteiger charge is 2.30. The molecule has 1 aromatic rings. The molecule has 2 aliphatic heterocycles. The lowest BCUT2D eigenvalue weighted by Gasteiger charge is -2.29. The lowest BCUT2D eigenvalue weighted by atomic mass is 10.1. The predicted octanol–water partition coefficient (Wildman–Crippen LogP) is 0.404. The first-order valence-corrected chi connectivity index (χ1v) is 6.28. The van der Waals surface area contributed by atoms with Gasteiger partial charge in [0, 0.05) is 18.8 Å². The molecule has 100 valence electrons. The Morgan fingerprint density at radius 3 is 2.37 bits per heavy atom. The highest BCUT2D eigenvalue weighted by Crippen LogP contribution is 2.21. The maximum atomic E-state index is 11.6. The second-order valence-electron chi connectivity index (χ2n) is 4.59. The second-order valence-corrected chi connectivity index (χ2v) is 4.59. The molecule has 6 heteroatoms. The van der Waals surface area contributed by atoms with Crippen LogP contribution >= 0.6 is 0 Å². The number of nitrogens with zero attached hydrogens (tertiary/aromatic N) is 1. The molecule has 2 heterocycles. The van der Waals surface area contributed by atoms with Gasteiger partial charge >= 0.3 is 6.03 Å². The van der Waals surface area contributed by atoms with E-state index in [0.29, 0.717) is 0 Å². The van der Waals surface area contributed by atoms with Crippen molar-refractivity contribution in [3.05, 3.63) is 29.8 Å². The number of imide groups is 1. The van der Waals surface area contributed by atoms with Gasteiger partial charge in [0.15, 0.2) is 0 Å². The van der Waals surface area contributed by atoms with E-state index in [1.807, 2.05) is 24.3 Å². The predicted molar refractivity (Wildman–Crippen MR) is 68.9 cm³/mol. The van der Waals surface area contributed by atoms with Gasteiger partial charge in [-0.3, -0.25) is 10.1 Å². The summed E-state index contributed by atoms with van der Waals surface area (Å²) >= 11 is 0. The Kier molecular flexibility index (Phi) is 3.08. The Bertz CT molecular complexity index is 494. The third kappa shape index (κ3) is 2.39. The zero-order valence-corrected chi connectivity index (χ0v) is 10.4. The Balaban J connectivity index is 1.75. The molecule has 3 amide bonds. The molecule has 6 nitrogen and oxygen atoms in total. The number of hydrogen-bond acceptors (Lipinski definition) is 4. The van der Waals surface area contributed by atoms with Crippen LogP contribution in [0.25, 0.3) is 0 Å². The van der Waals surface area contributed by atoms with Crippen molar-refractivity contribution in [2.24, 2.45) is 0 Å². The highest BCUT2D eigenvalue weighted by molar-refractivity contribution is 6.04. The Morgan fingerprint density at radius 1 is 1.11 bits per heavy atom. The van der Waals surface area contributed by atoms with E-state index in [1.165, 1.54) is 0 Å². The van der Waals surface area contributed by atoms with Crippen LogP contribution in [0.2, 0.25) is 0 Å². The van der Waals surface area contributed by atoms with E-state index in [4.69, 9.17) is 4.74 Å². The van der Waals surface area contributed by atoms with Gasteiger partial charge in [-0.2, -0.15) is 0 Å². The molecule has 1 aromatic carbocycles. The number of morpholine rings is 1. The number of anilines is 1. The molecule has 0 spiro atoms. The van der Waals surface area contributed by atoms with Crippen LogP contribution in [0.15, 0.2) is 24.3 Å². The zero-order valence-electron chi connectivity index (χ0n) is 10.4. The first-order chi connectivity index (χ1) is 9.24. The van der Waals surface area contributed by atoms with Gasteiger partial charge in [0.1, 0.15) is 6.04 Å². The molecule has 2 saturated heterocycles. The molecule has 2 fully saturated rings. The fourth-order valence-electron chi connectivity index (χ4n) is 2.35. The molecular weight excluding hydrogens is 246 g/mol. The van der Waals surface area contributed by atoms with Crippen LogP contribution in [0.3, 0.4) is 0 Å². The van der Waals surface area contributed by atoms with E-state index < -0.39 is 12.1 Å². The lowest BCUT2D eigenvalue weighted by molar-refractivity contribution is -0.120. The maximum Gasteiger partial charge on any atom is 0.322 e. The number of rotatable bonds is 2. The first-order valence-electron chi connectivity index (χ1n) is 6.28. The standard InChI is InChI=1S/C13H15N3O3/c17-12-11(14-13(18)15-12)9-1-3-10(4-2-9)16-5-7-19-8-6-16/h1-4,11H,5-8H2,(H2,14,15,17,18)/t11-/m0/s1. The minimum Gasteiger partial charge on any atom is -0.378 e. The first kappa shape index (κ1) is 12.0. The van der Waals surface area contributed by atoms with Crippen LogP contribution in [0.5, 0.6) is 0 Å². The van der Waals surface area contributed by atoms with Gasteiger partial charge < -0.3 is 15.0 Å². The molecule has 0 radical (unpaired) electrons. The fourth-order valence-corrected chi connectivity index (χ4v) is 2.35. The Morgan fingerprint density at radius 2 is 1.79 bits per heavy atom. The summed E-state index contributed by atoms with van der Waals surface area (Å²) in [5.41, 5.74) is 1.90. The molecule has 0 aliphatic carbocycles. The van der Waals surface area contributed by atoms with Gasteiger partial charge in [0.05, 0.1) is 13.2 Å². The van der Waals surface area contributed by atoms with Crippen LogP contribution < -0.4 is 15.5 Å². The number of carbonyl (C=O) groups is 2. The van der Waals surface area contributed by atoms with Crippen molar-refractivity contribution < 1.29 is 14.3 Å². The minimum atomic E-state index is -0.578. The molecule has 0 bridgehead atoms. The minimum absolute atomic E-state index is 0.302. The number of nitrogens with one attached hydrogen (secondary N) is 2. The molecule has 2 aliphatic rings. The number of carbonyl (C=O) groups excluding carboxylic acids is 2. The van der Waals surface area contributed by atoms with Gasteiger partial charge in [-0.25, -0.2) is 4.79 Å². The number of hydrogen-bond donors (Lipinski definition) is 2. The van der Waals surface area contributed by atoms with Crippen molar-refractivity contribution in [2.75, 3.05) is 31.2 Å². The normalized spacial score (nSPS) is 23.2. The van der Waals surface area contributed by atoms with Crippen molar-refractivity contribution in [3.8, 4) is 0 Å². The summed E-state index contributed by atoms with van der Waals surface area (Å²) in [6.45, 7) is 3.23. The maximum absolute atomic E-state index is 11.6. The summed E-state index contributed by atoms with van der Waals surface area (Å²) in [6.07, 6.45) is 0. The SMILES string of the molecule is O=C1NC(=O)[C@H](c2ccc(N3CCOCC3)cc2)N1. The molecule has 2 N–H and O–H groups in total. The van der Waals surface area contributed by atoms with Gasteiger partial charge in [0.2, 0.25) is 0 Å². The van der Waals surface area contributed by atoms with E-state index >= 15 is 0 Å². The topological polar surface area (TPSA) is 70.7 Å². The number of amides is 3. The van der Waals surface area contributed by atoms with E-state index in [0.717, 1.165) is 37.6 Å². The number of ether oxygens (including phenoxy) is 1. The van der Waals surface area contributed by atoms with E-state index in [9.17, 15) is 9.59 Å². The molecular formula is C13H15N3O3. The molecule has 19 heavy (non-hydrogen) atoms.